The molecule has 0 N–H and O–H groups in total. The average molecular weight is 513 g/mol. The molecule has 0 unspecified atom stereocenters. The van der Waals surface area contributed by atoms with Crippen LogP contribution in [0.5, 0.6) is 0 Å². The number of rotatable bonds is 30. The predicted octanol–water partition coefficient (Wildman–Crippen LogP) is 10.8. The van der Waals surface area contributed by atoms with Crippen LogP contribution in [-0.4, -0.2) is 26.6 Å². The maximum absolute atomic E-state index is 6.25. The van der Waals surface area contributed by atoms with E-state index in [-0.39, 0.29) is 6.79 Å². The van der Waals surface area contributed by atoms with Crippen LogP contribution in [0.4, 0.5) is 0 Å². The van der Waals surface area contributed by atoms with Gasteiger partial charge in [-0.2, -0.15) is 0 Å². The van der Waals surface area contributed by atoms with Crippen molar-refractivity contribution >= 4 is 0 Å². The molecule has 0 bridgehead atoms. The smallest absolute Gasteiger partial charge is 0.321 e. The Bertz CT molecular complexity index is 449. The molecule has 0 saturated carbocycles. The topological polar surface area (TPSA) is 36.9 Å². The van der Waals surface area contributed by atoms with Crippen molar-refractivity contribution in [3.05, 3.63) is 11.7 Å². The fraction of sp³-hybridized carbons (Fsp3) is 0.938. The minimum Gasteiger partial charge on any atom is -0.491 e. The van der Waals surface area contributed by atoms with Crippen LogP contribution in [0.15, 0.2) is 11.7 Å². The van der Waals surface area contributed by atoms with Crippen LogP contribution in [0, 0.1) is 0 Å². The van der Waals surface area contributed by atoms with Crippen LogP contribution >= 0.6 is 0 Å². The van der Waals surface area contributed by atoms with E-state index in [4.69, 9.17) is 18.9 Å². The maximum atomic E-state index is 6.25. The van der Waals surface area contributed by atoms with Crippen molar-refractivity contribution in [2.75, 3.05) is 26.6 Å². The molecule has 0 aromatic rings. The van der Waals surface area contributed by atoms with Crippen molar-refractivity contribution < 1.29 is 18.9 Å². The average Bonchev–Trinajstić information content (AvgIpc) is 2.89. The van der Waals surface area contributed by atoms with Crippen LogP contribution in [0.2, 0.25) is 0 Å². The largest absolute Gasteiger partial charge is 0.491 e. The number of hydrogen-bond donors (Lipinski definition) is 0. The molecule has 0 aromatic carbocycles. The molecule has 0 radical (unpaired) electrons. The van der Waals surface area contributed by atoms with E-state index in [0.29, 0.717) is 12.6 Å². The molecule has 36 heavy (non-hydrogen) atoms. The zero-order chi connectivity index (χ0) is 26.4. The van der Waals surface area contributed by atoms with Crippen LogP contribution in [0.3, 0.4) is 0 Å². The number of hydrogen-bond acceptors (Lipinski definition) is 4. The molecular formula is C32H64O4. The SMILES string of the molecule is CCCCCCCCCCOCOC(OCCCCCCC)=C(CCCCC)OCCCCCCC. The van der Waals surface area contributed by atoms with Gasteiger partial charge in [0.15, 0.2) is 12.6 Å². The van der Waals surface area contributed by atoms with E-state index in [2.05, 4.69) is 27.7 Å². The van der Waals surface area contributed by atoms with Gasteiger partial charge in [0.1, 0.15) is 0 Å². The molecule has 0 aliphatic carbocycles. The van der Waals surface area contributed by atoms with Gasteiger partial charge in [0.05, 0.1) is 19.8 Å². The van der Waals surface area contributed by atoms with Crippen LogP contribution in [0.1, 0.15) is 169 Å². The highest BCUT2D eigenvalue weighted by Crippen LogP contribution is 2.20. The first-order valence-corrected chi connectivity index (χ1v) is 16.0. The second-order valence-corrected chi connectivity index (χ2v) is 10.3. The second kappa shape index (κ2) is 30.3. The second-order valence-electron chi connectivity index (χ2n) is 10.3. The van der Waals surface area contributed by atoms with Gasteiger partial charge in [0, 0.05) is 6.42 Å². The normalized spacial score (nSPS) is 12.0. The Hall–Kier alpha value is -0.900. The maximum Gasteiger partial charge on any atom is 0.321 e. The Kier molecular flexibility index (Phi) is 29.6. The molecule has 0 saturated heterocycles. The number of allylic oxidation sites excluding steroid dienone is 1. The van der Waals surface area contributed by atoms with Gasteiger partial charge in [-0.25, -0.2) is 0 Å². The lowest BCUT2D eigenvalue weighted by atomic mass is 10.1. The molecule has 4 heteroatoms. The number of ether oxygens (including phenoxy) is 4. The Balaban J connectivity index is 4.59. The highest BCUT2D eigenvalue weighted by Gasteiger charge is 2.13. The predicted molar refractivity (Wildman–Crippen MR) is 155 cm³/mol. The van der Waals surface area contributed by atoms with Crippen molar-refractivity contribution in [2.24, 2.45) is 0 Å². The van der Waals surface area contributed by atoms with Crippen molar-refractivity contribution in [3.8, 4) is 0 Å². The third kappa shape index (κ3) is 24.8. The monoisotopic (exact) mass is 512 g/mol. The molecule has 4 nitrogen and oxygen atoms in total. The minimum absolute atomic E-state index is 0.249. The van der Waals surface area contributed by atoms with Crippen LogP contribution in [0.25, 0.3) is 0 Å². The fourth-order valence-electron chi connectivity index (χ4n) is 4.23. The lowest BCUT2D eigenvalue weighted by molar-refractivity contribution is -0.0846. The molecule has 0 atom stereocenters. The van der Waals surface area contributed by atoms with E-state index >= 15 is 0 Å². The van der Waals surface area contributed by atoms with Crippen molar-refractivity contribution in [1.29, 1.82) is 0 Å². The zero-order valence-electron chi connectivity index (χ0n) is 25.0. The summed E-state index contributed by atoms with van der Waals surface area (Å²) in [5, 5.41) is 0. The summed E-state index contributed by atoms with van der Waals surface area (Å²) < 4.78 is 24.3. The van der Waals surface area contributed by atoms with Gasteiger partial charge < -0.3 is 18.9 Å². The molecule has 0 aliphatic rings. The first-order valence-electron chi connectivity index (χ1n) is 16.0. The van der Waals surface area contributed by atoms with Gasteiger partial charge >= 0.3 is 5.95 Å². The molecule has 0 aliphatic heterocycles. The summed E-state index contributed by atoms with van der Waals surface area (Å²) in [6.45, 7) is 11.5. The quantitative estimate of drug-likeness (QED) is 0.0544. The van der Waals surface area contributed by atoms with Crippen LogP contribution < -0.4 is 0 Å². The highest BCUT2D eigenvalue weighted by atomic mass is 16.7. The van der Waals surface area contributed by atoms with Crippen LogP contribution in [-0.2, 0) is 18.9 Å². The minimum atomic E-state index is 0.249. The fourth-order valence-corrected chi connectivity index (χ4v) is 4.23. The highest BCUT2D eigenvalue weighted by molar-refractivity contribution is 4.95. The summed E-state index contributed by atoms with van der Waals surface area (Å²) in [5.74, 6) is 1.47. The molecular weight excluding hydrogens is 448 g/mol. The van der Waals surface area contributed by atoms with E-state index in [0.717, 1.165) is 51.1 Å². The summed E-state index contributed by atoms with van der Waals surface area (Å²) >= 11 is 0. The standard InChI is InChI=1S/C32H64O4/c1-5-9-13-16-17-18-21-23-27-33-30-36-32(35-29-25-20-15-11-7-3)31(26-22-12-8-4)34-28-24-19-14-10-6-2/h5-30H2,1-4H3. The molecule has 216 valence electrons. The van der Waals surface area contributed by atoms with Gasteiger partial charge in [-0.15, -0.1) is 0 Å². The van der Waals surface area contributed by atoms with E-state index in [9.17, 15) is 0 Å². The first-order chi connectivity index (χ1) is 17.8. The third-order valence-electron chi connectivity index (χ3n) is 6.66. The molecule has 0 amide bonds. The van der Waals surface area contributed by atoms with Crippen molar-refractivity contribution in [3.63, 3.8) is 0 Å². The Morgan fingerprint density at radius 1 is 0.389 bits per heavy atom. The lowest BCUT2D eigenvalue weighted by Crippen LogP contribution is -2.10. The Morgan fingerprint density at radius 2 is 0.806 bits per heavy atom. The molecule has 0 rings (SSSR count). The zero-order valence-corrected chi connectivity index (χ0v) is 25.0. The number of unbranched alkanes of at least 4 members (excludes halogenated alkanes) is 17. The van der Waals surface area contributed by atoms with Gasteiger partial charge in [0.25, 0.3) is 0 Å². The molecule has 0 heterocycles. The van der Waals surface area contributed by atoms with E-state index < -0.39 is 0 Å². The molecule has 0 fully saturated rings. The summed E-state index contributed by atoms with van der Waals surface area (Å²) in [6, 6.07) is 0. The Labute approximate surface area is 226 Å². The van der Waals surface area contributed by atoms with Crippen molar-refractivity contribution in [1.82, 2.24) is 0 Å². The van der Waals surface area contributed by atoms with Crippen molar-refractivity contribution in [2.45, 2.75) is 169 Å². The van der Waals surface area contributed by atoms with Gasteiger partial charge in [-0.3, -0.25) is 0 Å². The summed E-state index contributed by atoms with van der Waals surface area (Å²) in [5.41, 5.74) is 0. The van der Waals surface area contributed by atoms with Gasteiger partial charge in [0.2, 0.25) is 0 Å². The lowest BCUT2D eigenvalue weighted by Gasteiger charge is -2.18. The van der Waals surface area contributed by atoms with Gasteiger partial charge in [-0.1, -0.05) is 137 Å². The summed E-state index contributed by atoms with van der Waals surface area (Å²) in [7, 11) is 0. The van der Waals surface area contributed by atoms with E-state index in [1.807, 2.05) is 0 Å². The molecule has 0 spiro atoms. The molecule has 0 aromatic heterocycles. The Morgan fingerprint density at radius 3 is 1.33 bits per heavy atom. The first kappa shape index (κ1) is 35.1. The van der Waals surface area contributed by atoms with E-state index in [1.54, 1.807) is 0 Å². The van der Waals surface area contributed by atoms with E-state index in [1.165, 1.54) is 109 Å². The van der Waals surface area contributed by atoms with Gasteiger partial charge in [-0.05, 0) is 25.7 Å². The summed E-state index contributed by atoms with van der Waals surface area (Å²) in [4.78, 5) is 0. The summed E-state index contributed by atoms with van der Waals surface area (Å²) in [6.07, 6.45) is 27.1. The third-order valence-corrected chi connectivity index (χ3v) is 6.66.